The monoisotopic (exact) mass is 180 g/mol. The SMILES string of the molecule is CC(C)(N)c1ccc(C(=O)O)cn1. The van der Waals surface area contributed by atoms with Crippen LogP contribution in [0.2, 0.25) is 0 Å². The number of hydrogen-bond donors (Lipinski definition) is 2. The van der Waals surface area contributed by atoms with Gasteiger partial charge in [-0.25, -0.2) is 4.79 Å². The van der Waals surface area contributed by atoms with Gasteiger partial charge in [0, 0.05) is 6.20 Å². The fourth-order valence-electron chi connectivity index (χ4n) is 0.902. The summed E-state index contributed by atoms with van der Waals surface area (Å²) < 4.78 is 0. The van der Waals surface area contributed by atoms with Gasteiger partial charge in [0.15, 0.2) is 0 Å². The van der Waals surface area contributed by atoms with Crippen molar-refractivity contribution < 1.29 is 9.90 Å². The lowest BCUT2D eigenvalue weighted by Gasteiger charge is -2.17. The molecule has 0 spiro atoms. The van der Waals surface area contributed by atoms with Crippen LogP contribution < -0.4 is 5.73 Å². The van der Waals surface area contributed by atoms with E-state index in [-0.39, 0.29) is 5.56 Å². The van der Waals surface area contributed by atoms with Crippen LogP contribution in [0.4, 0.5) is 0 Å². The number of pyridine rings is 1. The van der Waals surface area contributed by atoms with Crippen molar-refractivity contribution in [3.63, 3.8) is 0 Å². The van der Waals surface area contributed by atoms with Crippen LogP contribution in [0, 0.1) is 0 Å². The topological polar surface area (TPSA) is 76.2 Å². The van der Waals surface area contributed by atoms with Crippen molar-refractivity contribution in [2.75, 3.05) is 0 Å². The third-order valence-electron chi connectivity index (χ3n) is 1.67. The zero-order valence-corrected chi connectivity index (χ0v) is 7.61. The first-order valence-electron chi connectivity index (χ1n) is 3.90. The quantitative estimate of drug-likeness (QED) is 0.711. The normalized spacial score (nSPS) is 11.3. The van der Waals surface area contributed by atoms with E-state index in [1.807, 2.05) is 13.8 Å². The van der Waals surface area contributed by atoms with Gasteiger partial charge in [-0.15, -0.1) is 0 Å². The Balaban J connectivity index is 3.01. The Morgan fingerprint density at radius 1 is 1.54 bits per heavy atom. The molecule has 3 N–H and O–H groups in total. The molecule has 0 amide bonds. The number of nitrogens with zero attached hydrogens (tertiary/aromatic N) is 1. The summed E-state index contributed by atoms with van der Waals surface area (Å²) in [6.45, 7) is 3.63. The molecule has 1 aromatic rings. The number of rotatable bonds is 2. The second-order valence-corrected chi connectivity index (χ2v) is 3.46. The van der Waals surface area contributed by atoms with Gasteiger partial charge in [0.05, 0.1) is 16.8 Å². The number of aromatic carboxylic acids is 1. The molecule has 0 unspecified atom stereocenters. The Hall–Kier alpha value is -1.42. The van der Waals surface area contributed by atoms with E-state index in [0.717, 1.165) is 0 Å². The van der Waals surface area contributed by atoms with Gasteiger partial charge in [0.1, 0.15) is 0 Å². The number of aromatic nitrogens is 1. The van der Waals surface area contributed by atoms with Crippen molar-refractivity contribution in [2.45, 2.75) is 19.4 Å². The minimum Gasteiger partial charge on any atom is -0.478 e. The minimum absolute atomic E-state index is 0.174. The predicted molar refractivity (Wildman–Crippen MR) is 48.4 cm³/mol. The van der Waals surface area contributed by atoms with Crippen molar-refractivity contribution in [1.29, 1.82) is 0 Å². The molecular weight excluding hydrogens is 168 g/mol. The molecule has 13 heavy (non-hydrogen) atoms. The molecule has 0 saturated heterocycles. The zero-order chi connectivity index (χ0) is 10.1. The van der Waals surface area contributed by atoms with E-state index in [4.69, 9.17) is 10.8 Å². The van der Waals surface area contributed by atoms with Crippen LogP contribution >= 0.6 is 0 Å². The van der Waals surface area contributed by atoms with Gasteiger partial charge >= 0.3 is 5.97 Å². The molecule has 0 fully saturated rings. The van der Waals surface area contributed by atoms with Gasteiger partial charge in [-0.1, -0.05) is 0 Å². The van der Waals surface area contributed by atoms with Crippen molar-refractivity contribution in [2.24, 2.45) is 5.73 Å². The first-order chi connectivity index (χ1) is 5.91. The summed E-state index contributed by atoms with van der Waals surface area (Å²) in [6, 6.07) is 3.13. The summed E-state index contributed by atoms with van der Waals surface area (Å²) in [5.41, 5.74) is 6.09. The van der Waals surface area contributed by atoms with E-state index >= 15 is 0 Å². The predicted octanol–water partition coefficient (Wildman–Crippen LogP) is 0.974. The Morgan fingerprint density at radius 3 is 2.46 bits per heavy atom. The molecule has 0 aliphatic rings. The Morgan fingerprint density at radius 2 is 2.15 bits per heavy atom. The van der Waals surface area contributed by atoms with Gasteiger partial charge in [-0.05, 0) is 26.0 Å². The Bertz CT molecular complexity index is 311. The molecule has 0 aliphatic carbocycles. The lowest BCUT2D eigenvalue weighted by Crippen LogP contribution is -2.29. The van der Waals surface area contributed by atoms with Gasteiger partial charge < -0.3 is 10.8 Å². The fourth-order valence-corrected chi connectivity index (χ4v) is 0.902. The molecule has 0 atom stereocenters. The molecule has 1 aromatic heterocycles. The van der Waals surface area contributed by atoms with Crippen molar-refractivity contribution in [3.05, 3.63) is 29.6 Å². The highest BCUT2D eigenvalue weighted by molar-refractivity contribution is 5.87. The van der Waals surface area contributed by atoms with Crippen LogP contribution in [-0.2, 0) is 5.54 Å². The Labute approximate surface area is 76.4 Å². The highest BCUT2D eigenvalue weighted by Gasteiger charge is 2.15. The molecule has 0 radical (unpaired) electrons. The van der Waals surface area contributed by atoms with E-state index < -0.39 is 11.5 Å². The summed E-state index contributed by atoms with van der Waals surface area (Å²) >= 11 is 0. The van der Waals surface area contributed by atoms with Crippen molar-refractivity contribution >= 4 is 5.97 Å². The largest absolute Gasteiger partial charge is 0.478 e. The maximum absolute atomic E-state index is 10.5. The van der Waals surface area contributed by atoms with Gasteiger partial charge in [-0.2, -0.15) is 0 Å². The van der Waals surface area contributed by atoms with E-state index in [9.17, 15) is 4.79 Å². The molecule has 70 valence electrons. The second kappa shape index (κ2) is 3.14. The lowest BCUT2D eigenvalue weighted by atomic mass is 10.0. The number of carboxylic acid groups (broad SMARTS) is 1. The van der Waals surface area contributed by atoms with Crippen molar-refractivity contribution in [3.8, 4) is 0 Å². The maximum Gasteiger partial charge on any atom is 0.337 e. The molecule has 0 aromatic carbocycles. The molecule has 0 saturated carbocycles. The maximum atomic E-state index is 10.5. The molecule has 4 nitrogen and oxygen atoms in total. The first kappa shape index (κ1) is 9.67. The number of nitrogens with two attached hydrogens (primary N) is 1. The lowest BCUT2D eigenvalue weighted by molar-refractivity contribution is 0.0696. The van der Waals surface area contributed by atoms with Crippen LogP contribution in [0.15, 0.2) is 18.3 Å². The number of hydrogen-bond acceptors (Lipinski definition) is 3. The third-order valence-corrected chi connectivity index (χ3v) is 1.67. The van der Waals surface area contributed by atoms with Crippen LogP contribution in [0.5, 0.6) is 0 Å². The van der Waals surface area contributed by atoms with Crippen molar-refractivity contribution in [1.82, 2.24) is 4.98 Å². The summed E-state index contributed by atoms with van der Waals surface area (Å²) in [7, 11) is 0. The Kier molecular flexibility index (Phi) is 2.34. The average molecular weight is 180 g/mol. The molecular formula is C9H12N2O2. The molecule has 0 aliphatic heterocycles. The van der Waals surface area contributed by atoms with Crippen LogP contribution in [-0.4, -0.2) is 16.1 Å². The summed E-state index contributed by atoms with van der Waals surface area (Å²) in [5, 5.41) is 8.61. The van der Waals surface area contributed by atoms with E-state index in [1.165, 1.54) is 12.3 Å². The van der Waals surface area contributed by atoms with Gasteiger partial charge in [-0.3, -0.25) is 4.98 Å². The highest BCUT2D eigenvalue weighted by Crippen LogP contribution is 2.13. The van der Waals surface area contributed by atoms with Gasteiger partial charge in [0.2, 0.25) is 0 Å². The molecule has 0 bridgehead atoms. The van der Waals surface area contributed by atoms with Crippen LogP contribution in [0.1, 0.15) is 29.9 Å². The summed E-state index contributed by atoms with van der Waals surface area (Å²) in [6.07, 6.45) is 1.31. The highest BCUT2D eigenvalue weighted by atomic mass is 16.4. The average Bonchev–Trinajstić information content (AvgIpc) is 2.03. The van der Waals surface area contributed by atoms with E-state index in [0.29, 0.717) is 5.69 Å². The van der Waals surface area contributed by atoms with E-state index in [2.05, 4.69) is 4.98 Å². The summed E-state index contributed by atoms with van der Waals surface area (Å²) in [4.78, 5) is 14.5. The smallest absolute Gasteiger partial charge is 0.337 e. The first-order valence-corrected chi connectivity index (χ1v) is 3.90. The zero-order valence-electron chi connectivity index (χ0n) is 7.61. The number of carboxylic acids is 1. The van der Waals surface area contributed by atoms with E-state index in [1.54, 1.807) is 6.07 Å². The molecule has 1 heterocycles. The second-order valence-electron chi connectivity index (χ2n) is 3.46. The van der Waals surface area contributed by atoms with Crippen LogP contribution in [0.3, 0.4) is 0 Å². The minimum atomic E-state index is -0.978. The molecule has 4 heteroatoms. The number of carbonyl (C=O) groups is 1. The summed E-state index contributed by atoms with van der Waals surface area (Å²) in [5.74, 6) is -0.978. The third kappa shape index (κ3) is 2.26. The fraction of sp³-hybridized carbons (Fsp3) is 0.333. The standard InChI is InChI=1S/C9H12N2O2/c1-9(2,10)7-4-3-6(5-11-7)8(12)13/h3-5H,10H2,1-2H3,(H,12,13). The van der Waals surface area contributed by atoms with Gasteiger partial charge in [0.25, 0.3) is 0 Å². The molecule has 1 rings (SSSR count). The van der Waals surface area contributed by atoms with Crippen LogP contribution in [0.25, 0.3) is 0 Å².